The van der Waals surface area contributed by atoms with Gasteiger partial charge in [-0.25, -0.2) is 4.79 Å². The lowest BCUT2D eigenvalue weighted by atomic mass is 9.99. The van der Waals surface area contributed by atoms with E-state index in [-0.39, 0.29) is 6.03 Å². The van der Waals surface area contributed by atoms with Crippen LogP contribution in [0.3, 0.4) is 0 Å². The lowest BCUT2D eigenvalue weighted by Crippen LogP contribution is -2.28. The van der Waals surface area contributed by atoms with Crippen molar-refractivity contribution in [3.8, 4) is 11.5 Å². The predicted molar refractivity (Wildman–Crippen MR) is 91.9 cm³/mol. The third-order valence-electron chi connectivity index (χ3n) is 4.50. The van der Waals surface area contributed by atoms with Crippen molar-refractivity contribution in [2.45, 2.75) is 26.3 Å². The Morgan fingerprint density at radius 3 is 2.75 bits per heavy atom. The molecule has 0 saturated carbocycles. The molecule has 2 aromatic carbocycles. The van der Waals surface area contributed by atoms with Crippen molar-refractivity contribution in [1.82, 2.24) is 5.32 Å². The highest BCUT2D eigenvalue weighted by atomic mass is 16.5. The fraction of sp³-hybridized carbons (Fsp3) is 0.316. The van der Waals surface area contributed by atoms with E-state index in [0.717, 1.165) is 46.7 Å². The van der Waals surface area contributed by atoms with Gasteiger partial charge in [0.1, 0.15) is 11.5 Å². The average Bonchev–Trinajstić information content (AvgIpc) is 3.22. The molecule has 2 heterocycles. The molecule has 0 aromatic heterocycles. The number of hydrogen-bond acceptors (Lipinski definition) is 3. The van der Waals surface area contributed by atoms with Gasteiger partial charge >= 0.3 is 6.03 Å². The first-order valence-corrected chi connectivity index (χ1v) is 8.25. The zero-order valence-electron chi connectivity index (χ0n) is 13.6. The number of amides is 2. The summed E-state index contributed by atoms with van der Waals surface area (Å²) in [6, 6.07) is 9.59. The van der Waals surface area contributed by atoms with Crippen LogP contribution in [0.2, 0.25) is 0 Å². The number of benzene rings is 2. The number of carbonyl (C=O) groups excluding carboxylic acids is 1. The van der Waals surface area contributed by atoms with Crippen LogP contribution in [0.4, 0.5) is 10.5 Å². The Kier molecular flexibility index (Phi) is 3.76. The smallest absolute Gasteiger partial charge is 0.319 e. The van der Waals surface area contributed by atoms with Crippen LogP contribution in [0, 0.1) is 6.92 Å². The quantitative estimate of drug-likeness (QED) is 0.911. The second-order valence-corrected chi connectivity index (χ2v) is 6.19. The predicted octanol–water partition coefficient (Wildman–Crippen LogP) is 3.19. The highest BCUT2D eigenvalue weighted by Gasteiger charge is 2.26. The summed E-state index contributed by atoms with van der Waals surface area (Å²) in [5.41, 5.74) is 5.32. The van der Waals surface area contributed by atoms with Gasteiger partial charge in [0, 0.05) is 41.8 Å². The molecule has 0 fully saturated rings. The number of anilines is 1. The maximum Gasteiger partial charge on any atom is 0.319 e. The van der Waals surface area contributed by atoms with E-state index in [2.05, 4.69) is 16.7 Å². The molecule has 0 atom stereocenters. The number of urea groups is 1. The molecule has 124 valence electrons. The summed E-state index contributed by atoms with van der Waals surface area (Å²) in [5.74, 6) is 1.87. The van der Waals surface area contributed by atoms with Crippen LogP contribution in [0.1, 0.15) is 22.3 Å². The third-order valence-corrected chi connectivity index (χ3v) is 4.50. The molecule has 5 nitrogen and oxygen atoms in total. The SMILES string of the molecule is Cc1ccc(NC(=O)NCc2c3c(cc4c2OCC4)OCC3)cc1. The molecule has 0 aliphatic carbocycles. The summed E-state index contributed by atoms with van der Waals surface area (Å²) < 4.78 is 11.5. The van der Waals surface area contributed by atoms with Gasteiger partial charge in [0.2, 0.25) is 0 Å². The molecule has 0 spiro atoms. The minimum atomic E-state index is -0.220. The molecule has 4 rings (SSSR count). The molecule has 2 N–H and O–H groups in total. The topological polar surface area (TPSA) is 59.6 Å². The van der Waals surface area contributed by atoms with Gasteiger partial charge < -0.3 is 20.1 Å². The fourth-order valence-electron chi connectivity index (χ4n) is 3.25. The molecule has 0 unspecified atom stereocenters. The van der Waals surface area contributed by atoms with E-state index in [4.69, 9.17) is 9.47 Å². The van der Waals surface area contributed by atoms with Crippen molar-refractivity contribution in [1.29, 1.82) is 0 Å². The number of carbonyl (C=O) groups is 1. The number of rotatable bonds is 3. The van der Waals surface area contributed by atoms with Crippen LogP contribution in [-0.2, 0) is 19.4 Å². The molecule has 2 amide bonds. The second kappa shape index (κ2) is 6.07. The maximum atomic E-state index is 12.2. The van der Waals surface area contributed by atoms with Crippen molar-refractivity contribution in [2.75, 3.05) is 18.5 Å². The van der Waals surface area contributed by atoms with Gasteiger partial charge in [-0.2, -0.15) is 0 Å². The van der Waals surface area contributed by atoms with E-state index in [0.29, 0.717) is 19.8 Å². The summed E-state index contributed by atoms with van der Waals surface area (Å²) >= 11 is 0. The summed E-state index contributed by atoms with van der Waals surface area (Å²) in [7, 11) is 0. The summed E-state index contributed by atoms with van der Waals surface area (Å²) in [6.07, 6.45) is 1.76. The van der Waals surface area contributed by atoms with Crippen LogP contribution >= 0.6 is 0 Å². The van der Waals surface area contributed by atoms with E-state index < -0.39 is 0 Å². The largest absolute Gasteiger partial charge is 0.493 e. The average molecular weight is 324 g/mol. The number of aryl methyl sites for hydroxylation is 1. The van der Waals surface area contributed by atoms with Crippen LogP contribution < -0.4 is 20.1 Å². The van der Waals surface area contributed by atoms with Gasteiger partial charge in [-0.1, -0.05) is 17.7 Å². The molecule has 2 aliphatic rings. The maximum absolute atomic E-state index is 12.2. The number of fused-ring (bicyclic) bond motifs is 2. The lowest BCUT2D eigenvalue weighted by molar-refractivity contribution is 0.251. The minimum Gasteiger partial charge on any atom is -0.493 e. The summed E-state index contributed by atoms with van der Waals surface area (Å²) in [4.78, 5) is 12.2. The Bertz CT molecular complexity index is 752. The second-order valence-electron chi connectivity index (χ2n) is 6.19. The standard InChI is InChI=1S/C19H20N2O3/c1-12-2-4-14(5-3-12)21-19(22)20-11-16-15-7-9-23-17(15)10-13-6-8-24-18(13)16/h2-5,10H,6-9,11H2,1H3,(H2,20,21,22). The highest BCUT2D eigenvalue weighted by molar-refractivity contribution is 5.89. The van der Waals surface area contributed by atoms with Gasteiger partial charge in [-0.15, -0.1) is 0 Å². The molecular weight excluding hydrogens is 304 g/mol. The fourth-order valence-corrected chi connectivity index (χ4v) is 3.25. The molecule has 24 heavy (non-hydrogen) atoms. The Balaban J connectivity index is 1.48. The molecule has 0 saturated heterocycles. The first kappa shape index (κ1) is 14.9. The van der Waals surface area contributed by atoms with Gasteiger partial charge in [-0.05, 0) is 25.1 Å². The van der Waals surface area contributed by atoms with Crippen molar-refractivity contribution >= 4 is 11.7 Å². The first-order valence-electron chi connectivity index (χ1n) is 8.25. The third kappa shape index (κ3) is 2.77. The van der Waals surface area contributed by atoms with E-state index in [9.17, 15) is 4.79 Å². The summed E-state index contributed by atoms with van der Waals surface area (Å²) in [5, 5.41) is 5.79. The van der Waals surface area contributed by atoms with Crippen molar-refractivity contribution in [2.24, 2.45) is 0 Å². The van der Waals surface area contributed by atoms with Crippen molar-refractivity contribution < 1.29 is 14.3 Å². The molecular formula is C19H20N2O3. The van der Waals surface area contributed by atoms with E-state index >= 15 is 0 Å². The van der Waals surface area contributed by atoms with Crippen molar-refractivity contribution in [3.05, 3.63) is 52.6 Å². The van der Waals surface area contributed by atoms with E-state index in [1.807, 2.05) is 31.2 Å². The van der Waals surface area contributed by atoms with Crippen molar-refractivity contribution in [3.63, 3.8) is 0 Å². The molecule has 0 radical (unpaired) electrons. The summed E-state index contributed by atoms with van der Waals surface area (Å²) in [6.45, 7) is 3.84. The molecule has 2 aliphatic heterocycles. The van der Waals surface area contributed by atoms with Gasteiger partial charge in [0.25, 0.3) is 0 Å². The zero-order chi connectivity index (χ0) is 16.5. The molecule has 5 heteroatoms. The normalized spacial score (nSPS) is 14.4. The van der Waals surface area contributed by atoms with Gasteiger partial charge in [-0.3, -0.25) is 0 Å². The number of hydrogen-bond donors (Lipinski definition) is 2. The number of ether oxygens (including phenoxy) is 2. The van der Waals surface area contributed by atoms with Gasteiger partial charge in [0.05, 0.1) is 13.2 Å². The highest BCUT2D eigenvalue weighted by Crippen LogP contribution is 2.40. The molecule has 0 bridgehead atoms. The Hall–Kier alpha value is -2.69. The van der Waals surface area contributed by atoms with Gasteiger partial charge in [0.15, 0.2) is 0 Å². The first-order chi connectivity index (χ1) is 11.7. The Morgan fingerprint density at radius 1 is 1.12 bits per heavy atom. The number of nitrogens with one attached hydrogen (secondary N) is 2. The van der Waals surface area contributed by atoms with Crippen LogP contribution in [0.15, 0.2) is 30.3 Å². The Labute approximate surface area is 141 Å². The lowest BCUT2D eigenvalue weighted by Gasteiger charge is -2.14. The Morgan fingerprint density at radius 2 is 1.92 bits per heavy atom. The van der Waals surface area contributed by atoms with E-state index in [1.165, 1.54) is 5.56 Å². The van der Waals surface area contributed by atoms with Crippen LogP contribution in [0.5, 0.6) is 11.5 Å². The van der Waals surface area contributed by atoms with Crippen LogP contribution in [0.25, 0.3) is 0 Å². The molecule has 2 aromatic rings. The zero-order valence-corrected chi connectivity index (χ0v) is 13.6. The van der Waals surface area contributed by atoms with E-state index in [1.54, 1.807) is 0 Å². The van der Waals surface area contributed by atoms with Crippen LogP contribution in [-0.4, -0.2) is 19.2 Å². The minimum absolute atomic E-state index is 0.220. The monoisotopic (exact) mass is 324 g/mol.